The first kappa shape index (κ1) is 13.8. The summed E-state index contributed by atoms with van der Waals surface area (Å²) < 4.78 is 5.19. The van der Waals surface area contributed by atoms with Crippen molar-refractivity contribution in [2.45, 2.75) is 19.9 Å². The number of fused-ring (bicyclic) bond motifs is 2. The third-order valence-electron chi connectivity index (χ3n) is 4.30. The van der Waals surface area contributed by atoms with Gasteiger partial charge in [-0.15, -0.1) is 0 Å². The summed E-state index contributed by atoms with van der Waals surface area (Å²) in [4.78, 5) is 19.1. The smallest absolute Gasteiger partial charge is 0.258 e. The van der Waals surface area contributed by atoms with E-state index in [2.05, 4.69) is 6.92 Å². The predicted molar refractivity (Wildman–Crippen MR) is 88.9 cm³/mol. The van der Waals surface area contributed by atoms with Crippen LogP contribution in [0.1, 0.15) is 29.4 Å². The van der Waals surface area contributed by atoms with Crippen molar-refractivity contribution in [3.05, 3.63) is 48.0 Å². The van der Waals surface area contributed by atoms with Crippen LogP contribution < -0.4 is 5.73 Å². The van der Waals surface area contributed by atoms with Gasteiger partial charge >= 0.3 is 0 Å². The van der Waals surface area contributed by atoms with Gasteiger partial charge in [0.15, 0.2) is 0 Å². The molecule has 0 bridgehead atoms. The third-order valence-corrected chi connectivity index (χ3v) is 4.30. The first-order valence-electron chi connectivity index (χ1n) is 7.73. The van der Waals surface area contributed by atoms with E-state index in [0.717, 1.165) is 40.7 Å². The van der Waals surface area contributed by atoms with E-state index in [-0.39, 0.29) is 5.91 Å². The van der Waals surface area contributed by atoms with Crippen LogP contribution in [0.25, 0.3) is 22.0 Å². The molecule has 5 heteroatoms. The van der Waals surface area contributed by atoms with Gasteiger partial charge in [0.05, 0.1) is 41.5 Å². The molecule has 0 saturated carbocycles. The van der Waals surface area contributed by atoms with Crippen LogP contribution in [0, 0.1) is 0 Å². The fraction of sp³-hybridized carbons (Fsp3) is 0.222. The lowest BCUT2D eigenvalue weighted by molar-refractivity contribution is 0.0779. The zero-order valence-corrected chi connectivity index (χ0v) is 12.9. The van der Waals surface area contributed by atoms with Gasteiger partial charge in [0.25, 0.3) is 5.91 Å². The van der Waals surface area contributed by atoms with Gasteiger partial charge < -0.3 is 15.1 Å². The van der Waals surface area contributed by atoms with Gasteiger partial charge in [-0.05, 0) is 12.5 Å². The highest BCUT2D eigenvalue weighted by Gasteiger charge is 2.31. The number of carbonyl (C=O) groups is 1. The molecule has 0 radical (unpaired) electrons. The molecule has 0 unspecified atom stereocenters. The van der Waals surface area contributed by atoms with Crippen LogP contribution in [0.15, 0.2) is 41.2 Å². The molecule has 5 nitrogen and oxygen atoms in total. The second-order valence-electron chi connectivity index (χ2n) is 5.79. The van der Waals surface area contributed by atoms with Gasteiger partial charge in [0.1, 0.15) is 0 Å². The predicted octanol–water partition coefficient (Wildman–Crippen LogP) is 3.44. The van der Waals surface area contributed by atoms with Gasteiger partial charge in [-0.25, -0.2) is 4.98 Å². The molecule has 116 valence electrons. The van der Waals surface area contributed by atoms with Crippen LogP contribution in [0.3, 0.4) is 0 Å². The van der Waals surface area contributed by atoms with E-state index in [1.54, 1.807) is 12.5 Å². The molecule has 0 atom stereocenters. The molecule has 2 N–H and O–H groups in total. The van der Waals surface area contributed by atoms with Crippen molar-refractivity contribution in [3.63, 3.8) is 0 Å². The summed E-state index contributed by atoms with van der Waals surface area (Å²) in [5.74, 6) is -0.0116. The van der Waals surface area contributed by atoms with Crippen LogP contribution in [0.2, 0.25) is 0 Å². The third kappa shape index (κ3) is 2.00. The van der Waals surface area contributed by atoms with Gasteiger partial charge in [0, 0.05) is 23.1 Å². The van der Waals surface area contributed by atoms with Crippen molar-refractivity contribution in [2.75, 3.05) is 12.3 Å². The summed E-state index contributed by atoms with van der Waals surface area (Å²) in [5, 5.41) is 0.814. The number of hydrogen-bond acceptors (Lipinski definition) is 4. The van der Waals surface area contributed by atoms with E-state index >= 15 is 0 Å². The number of aromatic nitrogens is 1. The Bertz CT molecular complexity index is 900. The molecule has 1 aliphatic rings. The number of furan rings is 1. The maximum atomic E-state index is 12.6. The molecule has 3 aromatic rings. The maximum absolute atomic E-state index is 12.6. The second kappa shape index (κ2) is 5.12. The summed E-state index contributed by atoms with van der Waals surface area (Å²) in [6.45, 7) is 3.31. The van der Waals surface area contributed by atoms with Crippen LogP contribution >= 0.6 is 0 Å². The van der Waals surface area contributed by atoms with E-state index in [1.807, 2.05) is 29.2 Å². The Kier molecular flexibility index (Phi) is 3.08. The Morgan fingerprint density at radius 3 is 2.96 bits per heavy atom. The van der Waals surface area contributed by atoms with Crippen LogP contribution in [0.4, 0.5) is 5.69 Å². The Labute approximate surface area is 133 Å². The van der Waals surface area contributed by atoms with E-state index in [1.165, 1.54) is 0 Å². The molecular weight excluding hydrogens is 290 g/mol. The van der Waals surface area contributed by atoms with Gasteiger partial charge in [-0.2, -0.15) is 0 Å². The number of carbonyl (C=O) groups excluding carboxylic acids is 1. The summed E-state index contributed by atoms with van der Waals surface area (Å²) in [6, 6.07) is 7.73. The molecule has 0 fully saturated rings. The van der Waals surface area contributed by atoms with Crippen molar-refractivity contribution in [3.8, 4) is 11.1 Å². The average molecular weight is 307 g/mol. The number of rotatable bonds is 3. The minimum absolute atomic E-state index is 0.0116. The Morgan fingerprint density at radius 1 is 1.35 bits per heavy atom. The number of benzene rings is 1. The minimum Gasteiger partial charge on any atom is -0.472 e. The fourth-order valence-electron chi connectivity index (χ4n) is 3.23. The average Bonchev–Trinajstić information content (AvgIpc) is 3.17. The Hall–Kier alpha value is -2.82. The molecular formula is C18H17N3O2. The standard InChI is InChI=1S/C18H17N3O2/c1-2-7-21-9-14-15(18(21)22)16(19)13-5-3-4-12(17(13)20-14)11-6-8-23-10-11/h3-6,8,10H,2,7,9H2,1H3,(H2,19,20). The van der Waals surface area contributed by atoms with Crippen molar-refractivity contribution < 1.29 is 9.21 Å². The number of amides is 1. The van der Waals surface area contributed by atoms with Crippen LogP contribution in [-0.4, -0.2) is 22.3 Å². The zero-order valence-electron chi connectivity index (χ0n) is 12.9. The monoisotopic (exact) mass is 307 g/mol. The number of nitrogens with two attached hydrogens (primary N) is 1. The lowest BCUT2D eigenvalue weighted by Crippen LogP contribution is -2.24. The number of nitrogen functional groups attached to an aromatic ring is 1. The normalized spacial score (nSPS) is 13.8. The number of hydrogen-bond donors (Lipinski definition) is 1. The first-order chi connectivity index (χ1) is 11.2. The summed E-state index contributed by atoms with van der Waals surface area (Å²) in [5.41, 5.74) is 10.9. The maximum Gasteiger partial charge on any atom is 0.258 e. The fourth-order valence-corrected chi connectivity index (χ4v) is 3.23. The molecule has 0 saturated heterocycles. The van der Waals surface area contributed by atoms with E-state index in [4.69, 9.17) is 15.1 Å². The topological polar surface area (TPSA) is 72.4 Å². The van der Waals surface area contributed by atoms with E-state index in [0.29, 0.717) is 17.8 Å². The molecule has 0 aliphatic carbocycles. The summed E-state index contributed by atoms with van der Waals surface area (Å²) in [6.07, 6.45) is 4.24. The highest BCUT2D eigenvalue weighted by atomic mass is 16.3. The Morgan fingerprint density at radius 2 is 2.22 bits per heavy atom. The lowest BCUT2D eigenvalue weighted by atomic mass is 10.0. The number of para-hydroxylation sites is 1. The molecule has 23 heavy (non-hydrogen) atoms. The van der Waals surface area contributed by atoms with Crippen molar-refractivity contribution in [2.24, 2.45) is 0 Å². The number of nitrogens with zero attached hydrogens (tertiary/aromatic N) is 2. The molecule has 2 aromatic heterocycles. The molecule has 3 heterocycles. The van der Waals surface area contributed by atoms with E-state index in [9.17, 15) is 4.79 Å². The van der Waals surface area contributed by atoms with Gasteiger partial charge in [-0.1, -0.05) is 25.1 Å². The molecule has 4 rings (SSSR count). The van der Waals surface area contributed by atoms with Crippen LogP contribution in [0.5, 0.6) is 0 Å². The Balaban J connectivity index is 1.96. The molecule has 1 aromatic carbocycles. The van der Waals surface area contributed by atoms with Gasteiger partial charge in [0.2, 0.25) is 0 Å². The van der Waals surface area contributed by atoms with Crippen LogP contribution in [-0.2, 0) is 6.54 Å². The van der Waals surface area contributed by atoms with E-state index < -0.39 is 0 Å². The molecule has 1 amide bonds. The first-order valence-corrected chi connectivity index (χ1v) is 7.73. The highest BCUT2D eigenvalue weighted by Crippen LogP contribution is 2.36. The lowest BCUT2D eigenvalue weighted by Gasteiger charge is -2.13. The zero-order chi connectivity index (χ0) is 16.0. The number of pyridine rings is 1. The minimum atomic E-state index is -0.0116. The van der Waals surface area contributed by atoms with Crippen molar-refractivity contribution in [1.82, 2.24) is 9.88 Å². The summed E-state index contributed by atoms with van der Waals surface area (Å²) >= 11 is 0. The number of anilines is 1. The summed E-state index contributed by atoms with van der Waals surface area (Å²) in [7, 11) is 0. The largest absolute Gasteiger partial charge is 0.472 e. The highest BCUT2D eigenvalue weighted by molar-refractivity contribution is 6.11. The van der Waals surface area contributed by atoms with Crippen molar-refractivity contribution >= 4 is 22.5 Å². The van der Waals surface area contributed by atoms with Gasteiger partial charge in [-0.3, -0.25) is 4.79 Å². The quantitative estimate of drug-likeness (QED) is 0.804. The SMILES string of the molecule is CCCN1Cc2nc3c(-c4ccoc4)cccc3c(N)c2C1=O. The molecule has 0 spiro atoms. The van der Waals surface area contributed by atoms with Crippen molar-refractivity contribution in [1.29, 1.82) is 0 Å². The molecule has 1 aliphatic heterocycles. The second-order valence-corrected chi connectivity index (χ2v) is 5.79.